The smallest absolute Gasteiger partial charge is 0.416 e. The second-order valence-corrected chi connectivity index (χ2v) is 8.91. The van der Waals surface area contributed by atoms with Gasteiger partial charge in [-0.05, 0) is 31.0 Å². The standard InChI is InChI=1S/C20H24ClF3N4O2S/c21-14-8-7-12(20(22,23)24)11-15(14)27-18(30)25-10-9-16-17(29)28-19(31-16)26-13-5-3-1-2-4-6-13/h7-8,11,13,29H,1-6,9-10H2,(H,26,28)(H2,25,27,30). The number of hydrogen-bond acceptors (Lipinski definition) is 5. The molecule has 1 aromatic heterocycles. The van der Waals surface area contributed by atoms with Crippen LogP contribution in [0.3, 0.4) is 0 Å². The van der Waals surface area contributed by atoms with Crippen LogP contribution < -0.4 is 16.0 Å². The summed E-state index contributed by atoms with van der Waals surface area (Å²) in [5, 5.41) is 19.0. The number of urea groups is 1. The van der Waals surface area contributed by atoms with Gasteiger partial charge in [0.05, 0.1) is 21.2 Å². The zero-order valence-corrected chi connectivity index (χ0v) is 18.3. The van der Waals surface area contributed by atoms with Gasteiger partial charge < -0.3 is 21.1 Å². The molecule has 1 aromatic carbocycles. The molecule has 0 saturated heterocycles. The summed E-state index contributed by atoms with van der Waals surface area (Å²) in [6, 6.07) is 2.36. The Morgan fingerprint density at radius 2 is 1.94 bits per heavy atom. The van der Waals surface area contributed by atoms with Crippen LogP contribution >= 0.6 is 22.9 Å². The summed E-state index contributed by atoms with van der Waals surface area (Å²) in [7, 11) is 0. The summed E-state index contributed by atoms with van der Waals surface area (Å²) in [6.07, 6.45) is 2.79. The molecular formula is C20H24ClF3N4O2S. The maximum atomic E-state index is 12.8. The molecule has 0 atom stereocenters. The van der Waals surface area contributed by atoms with Gasteiger partial charge in [-0.15, -0.1) is 0 Å². The first-order chi connectivity index (χ1) is 14.7. The van der Waals surface area contributed by atoms with E-state index in [2.05, 4.69) is 20.9 Å². The van der Waals surface area contributed by atoms with Gasteiger partial charge in [0.25, 0.3) is 0 Å². The molecule has 0 aliphatic heterocycles. The number of benzene rings is 1. The molecule has 1 aliphatic rings. The normalized spacial score (nSPS) is 15.4. The van der Waals surface area contributed by atoms with Gasteiger partial charge in [-0.2, -0.15) is 18.2 Å². The van der Waals surface area contributed by atoms with Gasteiger partial charge in [0.15, 0.2) is 5.13 Å². The number of nitrogens with zero attached hydrogens (tertiary/aromatic N) is 1. The van der Waals surface area contributed by atoms with Crippen LogP contribution in [-0.4, -0.2) is 28.7 Å². The number of carbonyl (C=O) groups excluding carboxylic acids is 1. The molecule has 0 spiro atoms. The number of hydrogen-bond donors (Lipinski definition) is 4. The van der Waals surface area contributed by atoms with E-state index < -0.39 is 17.8 Å². The number of nitrogens with one attached hydrogen (secondary N) is 3. The Hall–Kier alpha value is -2.20. The van der Waals surface area contributed by atoms with Crippen LogP contribution in [0.2, 0.25) is 5.02 Å². The van der Waals surface area contributed by atoms with E-state index >= 15 is 0 Å². The molecule has 1 heterocycles. The van der Waals surface area contributed by atoms with Crippen molar-refractivity contribution in [3.8, 4) is 5.88 Å². The molecule has 31 heavy (non-hydrogen) atoms. The number of carbonyl (C=O) groups is 1. The SMILES string of the molecule is O=C(NCCc1sc(NC2CCCCCC2)nc1O)Nc1cc(C(F)(F)F)ccc1Cl. The predicted octanol–water partition coefficient (Wildman–Crippen LogP) is 6.02. The summed E-state index contributed by atoms with van der Waals surface area (Å²) in [5.74, 6) is -0.0794. The predicted molar refractivity (Wildman–Crippen MR) is 116 cm³/mol. The van der Waals surface area contributed by atoms with E-state index in [1.54, 1.807) is 0 Å². The fourth-order valence-corrected chi connectivity index (χ4v) is 4.52. The van der Waals surface area contributed by atoms with E-state index in [1.165, 1.54) is 37.0 Å². The third kappa shape index (κ3) is 6.90. The number of amides is 2. The Balaban J connectivity index is 1.50. The Morgan fingerprint density at radius 3 is 2.61 bits per heavy atom. The Kier molecular flexibility index (Phi) is 7.88. The van der Waals surface area contributed by atoms with Crippen molar-refractivity contribution in [2.75, 3.05) is 17.2 Å². The summed E-state index contributed by atoms with van der Waals surface area (Å²) in [4.78, 5) is 16.8. The van der Waals surface area contributed by atoms with Gasteiger partial charge in [0.2, 0.25) is 5.88 Å². The Bertz CT molecular complexity index is 899. The largest absolute Gasteiger partial charge is 0.492 e. The third-order valence-electron chi connectivity index (χ3n) is 5.04. The molecule has 0 bridgehead atoms. The van der Waals surface area contributed by atoms with Crippen LogP contribution in [0.4, 0.5) is 28.8 Å². The van der Waals surface area contributed by atoms with Gasteiger partial charge in [-0.1, -0.05) is 48.6 Å². The average molecular weight is 477 g/mol. The number of alkyl halides is 3. The van der Waals surface area contributed by atoms with Crippen molar-refractivity contribution < 1.29 is 23.1 Å². The molecule has 0 radical (unpaired) electrons. The van der Waals surface area contributed by atoms with Crippen molar-refractivity contribution in [3.05, 3.63) is 33.7 Å². The first kappa shape index (κ1) is 23.5. The number of halogens is 4. The second kappa shape index (κ2) is 10.4. The fourth-order valence-electron chi connectivity index (χ4n) is 3.42. The van der Waals surface area contributed by atoms with Gasteiger partial charge in [-0.3, -0.25) is 0 Å². The first-order valence-corrected chi connectivity index (χ1v) is 11.3. The van der Waals surface area contributed by atoms with Crippen molar-refractivity contribution in [2.45, 2.75) is 57.2 Å². The molecule has 4 N–H and O–H groups in total. The number of rotatable bonds is 6. The second-order valence-electron chi connectivity index (χ2n) is 7.42. The zero-order valence-electron chi connectivity index (χ0n) is 16.7. The molecule has 170 valence electrons. The van der Waals surface area contributed by atoms with Gasteiger partial charge in [0.1, 0.15) is 0 Å². The van der Waals surface area contributed by atoms with Crippen LogP contribution in [0.15, 0.2) is 18.2 Å². The molecule has 1 fully saturated rings. The highest BCUT2D eigenvalue weighted by atomic mass is 35.5. The summed E-state index contributed by atoms with van der Waals surface area (Å²) in [6.45, 7) is 0.168. The lowest BCUT2D eigenvalue weighted by Crippen LogP contribution is -2.30. The maximum absolute atomic E-state index is 12.8. The van der Waals surface area contributed by atoms with E-state index in [-0.39, 0.29) is 23.1 Å². The minimum Gasteiger partial charge on any atom is -0.492 e. The topological polar surface area (TPSA) is 86.3 Å². The van der Waals surface area contributed by atoms with Crippen molar-refractivity contribution >= 4 is 39.8 Å². The van der Waals surface area contributed by atoms with Crippen molar-refractivity contribution in [3.63, 3.8) is 0 Å². The van der Waals surface area contributed by atoms with Crippen molar-refractivity contribution in [2.24, 2.45) is 0 Å². The van der Waals surface area contributed by atoms with Crippen LogP contribution in [0.1, 0.15) is 49.0 Å². The van der Waals surface area contributed by atoms with E-state index in [0.29, 0.717) is 22.5 Å². The minimum atomic E-state index is -4.54. The molecule has 1 aliphatic carbocycles. The summed E-state index contributed by atoms with van der Waals surface area (Å²) in [5.41, 5.74) is -1.04. The maximum Gasteiger partial charge on any atom is 0.416 e. The van der Waals surface area contributed by atoms with Crippen LogP contribution in [-0.2, 0) is 12.6 Å². The zero-order chi connectivity index (χ0) is 22.4. The van der Waals surface area contributed by atoms with Gasteiger partial charge in [-0.25, -0.2) is 4.79 Å². The monoisotopic (exact) mass is 476 g/mol. The number of aromatic nitrogens is 1. The average Bonchev–Trinajstić information content (AvgIpc) is 2.88. The van der Waals surface area contributed by atoms with E-state index in [0.717, 1.165) is 31.0 Å². The van der Waals surface area contributed by atoms with Crippen molar-refractivity contribution in [1.82, 2.24) is 10.3 Å². The highest BCUT2D eigenvalue weighted by Crippen LogP contribution is 2.34. The molecule has 2 aromatic rings. The molecule has 6 nitrogen and oxygen atoms in total. The molecule has 0 unspecified atom stereocenters. The van der Waals surface area contributed by atoms with Gasteiger partial charge in [0, 0.05) is 19.0 Å². The van der Waals surface area contributed by atoms with Crippen LogP contribution in [0.25, 0.3) is 0 Å². The number of anilines is 2. The minimum absolute atomic E-state index is 0.00233. The summed E-state index contributed by atoms with van der Waals surface area (Å²) >= 11 is 7.21. The number of aromatic hydroxyl groups is 1. The van der Waals surface area contributed by atoms with E-state index in [1.807, 2.05) is 0 Å². The quantitative estimate of drug-likeness (QED) is 0.384. The molecular weight excluding hydrogens is 453 g/mol. The lowest BCUT2D eigenvalue weighted by atomic mass is 10.1. The van der Waals surface area contributed by atoms with Gasteiger partial charge >= 0.3 is 12.2 Å². The number of thiazole rings is 1. The molecule has 3 rings (SSSR count). The highest BCUT2D eigenvalue weighted by molar-refractivity contribution is 7.15. The molecule has 2 amide bonds. The summed E-state index contributed by atoms with van der Waals surface area (Å²) < 4.78 is 38.5. The Labute approximate surface area is 187 Å². The lowest BCUT2D eigenvalue weighted by molar-refractivity contribution is -0.137. The highest BCUT2D eigenvalue weighted by Gasteiger charge is 2.31. The lowest BCUT2D eigenvalue weighted by Gasteiger charge is -2.14. The molecule has 11 heteroatoms. The van der Waals surface area contributed by atoms with Crippen LogP contribution in [0, 0.1) is 0 Å². The van der Waals surface area contributed by atoms with E-state index in [4.69, 9.17) is 11.6 Å². The Morgan fingerprint density at radius 1 is 1.23 bits per heavy atom. The fraction of sp³-hybridized carbons (Fsp3) is 0.500. The molecule has 1 saturated carbocycles. The third-order valence-corrected chi connectivity index (χ3v) is 6.40. The first-order valence-electron chi connectivity index (χ1n) is 10.1. The van der Waals surface area contributed by atoms with Crippen LogP contribution in [0.5, 0.6) is 5.88 Å². The van der Waals surface area contributed by atoms with E-state index in [9.17, 15) is 23.1 Å². The van der Waals surface area contributed by atoms with Crippen molar-refractivity contribution in [1.29, 1.82) is 0 Å².